The Morgan fingerprint density at radius 3 is 2.88 bits per heavy atom. The molecule has 5 heteroatoms. The molecule has 1 rings (SSSR count). The third-order valence-corrected chi connectivity index (χ3v) is 2.52. The van der Waals surface area contributed by atoms with E-state index in [4.69, 9.17) is 17.0 Å². The number of hydrogen-bond acceptors (Lipinski definition) is 2. The lowest BCUT2D eigenvalue weighted by Crippen LogP contribution is -2.30. The van der Waals surface area contributed by atoms with E-state index in [0.29, 0.717) is 24.0 Å². The van der Waals surface area contributed by atoms with Gasteiger partial charge in [0, 0.05) is 20.3 Å². The van der Waals surface area contributed by atoms with Gasteiger partial charge in [0.15, 0.2) is 5.11 Å². The van der Waals surface area contributed by atoms with Crippen molar-refractivity contribution in [3.05, 3.63) is 29.6 Å². The molecule has 3 nitrogen and oxygen atoms in total. The molecule has 0 aliphatic heterocycles. The third kappa shape index (κ3) is 4.66. The Morgan fingerprint density at radius 2 is 2.24 bits per heavy atom. The first-order valence-electron chi connectivity index (χ1n) is 5.44. The normalized spacial score (nSPS) is 10.1. The number of anilines is 1. The Balaban J connectivity index is 2.45. The molecule has 0 fully saturated rings. The summed E-state index contributed by atoms with van der Waals surface area (Å²) in [5.74, 6) is -0.300. The average Bonchev–Trinajstić information content (AvgIpc) is 2.30. The van der Waals surface area contributed by atoms with Gasteiger partial charge in [-0.2, -0.15) is 0 Å². The fraction of sp³-hybridized carbons (Fsp3) is 0.417. The van der Waals surface area contributed by atoms with Gasteiger partial charge in [-0.1, -0.05) is 12.1 Å². The highest BCUT2D eigenvalue weighted by atomic mass is 32.1. The molecule has 0 heterocycles. The summed E-state index contributed by atoms with van der Waals surface area (Å²) in [6.45, 7) is 3.21. The van der Waals surface area contributed by atoms with Crippen molar-refractivity contribution in [2.24, 2.45) is 0 Å². The summed E-state index contributed by atoms with van der Waals surface area (Å²) in [4.78, 5) is 0. The smallest absolute Gasteiger partial charge is 0.170 e. The summed E-state index contributed by atoms with van der Waals surface area (Å²) in [7, 11) is 1.65. The van der Waals surface area contributed by atoms with Gasteiger partial charge >= 0.3 is 0 Å². The van der Waals surface area contributed by atoms with E-state index in [-0.39, 0.29) is 5.82 Å². The molecule has 0 radical (unpaired) electrons. The molecule has 0 spiro atoms. The highest BCUT2D eigenvalue weighted by molar-refractivity contribution is 7.80. The number of methoxy groups -OCH3 is 1. The highest BCUT2D eigenvalue weighted by Crippen LogP contribution is 2.18. The number of halogens is 1. The first-order chi connectivity index (χ1) is 8.15. The molecule has 0 atom stereocenters. The van der Waals surface area contributed by atoms with Crippen LogP contribution in [0, 0.1) is 12.7 Å². The molecule has 1 aromatic carbocycles. The molecule has 0 bridgehead atoms. The lowest BCUT2D eigenvalue weighted by atomic mass is 10.2. The standard InChI is InChI=1S/C12H17FN2OS/c1-9-5-3-6-10(13)11(9)15-12(17)14-7-4-8-16-2/h3,5-6H,4,7-8H2,1-2H3,(H2,14,15,17). The van der Waals surface area contributed by atoms with Crippen molar-refractivity contribution in [2.75, 3.05) is 25.6 Å². The molecule has 0 aliphatic rings. The Bertz CT molecular complexity index is 365. The molecule has 1 aromatic rings. The molecule has 0 amide bonds. The van der Waals surface area contributed by atoms with E-state index in [1.807, 2.05) is 13.0 Å². The SMILES string of the molecule is COCCCNC(=S)Nc1c(C)cccc1F. The number of thiocarbonyl (C=S) groups is 1. The molecule has 0 aliphatic carbocycles. The van der Waals surface area contributed by atoms with E-state index in [9.17, 15) is 4.39 Å². The van der Waals surface area contributed by atoms with Crippen molar-refractivity contribution in [3.63, 3.8) is 0 Å². The van der Waals surface area contributed by atoms with Gasteiger partial charge in [0.1, 0.15) is 5.82 Å². The summed E-state index contributed by atoms with van der Waals surface area (Å²) in [6.07, 6.45) is 0.856. The minimum Gasteiger partial charge on any atom is -0.385 e. The molecule has 2 N–H and O–H groups in total. The topological polar surface area (TPSA) is 33.3 Å². The predicted molar refractivity (Wildman–Crippen MR) is 71.9 cm³/mol. The Hall–Kier alpha value is -1.20. The van der Waals surface area contributed by atoms with Crippen LogP contribution in [-0.4, -0.2) is 25.4 Å². The van der Waals surface area contributed by atoms with Crippen LogP contribution in [-0.2, 0) is 4.74 Å². The van der Waals surface area contributed by atoms with Crippen LogP contribution in [0.25, 0.3) is 0 Å². The zero-order valence-electron chi connectivity index (χ0n) is 10.0. The lowest BCUT2D eigenvalue weighted by Gasteiger charge is -2.12. The second kappa shape index (κ2) is 7.19. The van der Waals surface area contributed by atoms with Crippen molar-refractivity contribution in [1.29, 1.82) is 0 Å². The lowest BCUT2D eigenvalue weighted by molar-refractivity contribution is 0.196. The summed E-state index contributed by atoms with van der Waals surface area (Å²) in [5.41, 5.74) is 1.25. The zero-order chi connectivity index (χ0) is 12.7. The van der Waals surface area contributed by atoms with E-state index >= 15 is 0 Å². The van der Waals surface area contributed by atoms with Gasteiger partial charge in [0.05, 0.1) is 5.69 Å². The van der Waals surface area contributed by atoms with Crippen molar-refractivity contribution < 1.29 is 9.13 Å². The van der Waals surface area contributed by atoms with Crippen molar-refractivity contribution in [2.45, 2.75) is 13.3 Å². The van der Waals surface area contributed by atoms with Crippen LogP contribution in [0.15, 0.2) is 18.2 Å². The summed E-state index contributed by atoms with van der Waals surface area (Å²) >= 11 is 5.08. The van der Waals surface area contributed by atoms with Gasteiger partial charge in [-0.05, 0) is 37.2 Å². The maximum absolute atomic E-state index is 13.5. The largest absolute Gasteiger partial charge is 0.385 e. The Labute approximate surface area is 106 Å². The number of para-hydroxylation sites is 1. The number of benzene rings is 1. The van der Waals surface area contributed by atoms with Gasteiger partial charge in [-0.3, -0.25) is 0 Å². The predicted octanol–water partition coefficient (Wildman–Crippen LogP) is 2.46. The van der Waals surface area contributed by atoms with Crippen LogP contribution >= 0.6 is 12.2 Å². The fourth-order valence-electron chi connectivity index (χ4n) is 1.37. The van der Waals surface area contributed by atoms with E-state index in [2.05, 4.69) is 10.6 Å². The van der Waals surface area contributed by atoms with Crippen LogP contribution in [0.5, 0.6) is 0 Å². The average molecular weight is 256 g/mol. The van der Waals surface area contributed by atoms with Crippen LogP contribution in [0.1, 0.15) is 12.0 Å². The second-order valence-electron chi connectivity index (χ2n) is 3.66. The van der Waals surface area contributed by atoms with Crippen LogP contribution in [0.4, 0.5) is 10.1 Å². The van der Waals surface area contributed by atoms with E-state index < -0.39 is 0 Å². The van der Waals surface area contributed by atoms with Crippen molar-refractivity contribution >= 4 is 23.0 Å². The van der Waals surface area contributed by atoms with Crippen molar-refractivity contribution in [3.8, 4) is 0 Å². The second-order valence-corrected chi connectivity index (χ2v) is 4.07. The number of hydrogen-bond donors (Lipinski definition) is 2. The van der Waals surface area contributed by atoms with Gasteiger partial charge in [-0.15, -0.1) is 0 Å². The fourth-order valence-corrected chi connectivity index (χ4v) is 1.57. The van der Waals surface area contributed by atoms with Gasteiger partial charge in [-0.25, -0.2) is 4.39 Å². The van der Waals surface area contributed by atoms with Crippen LogP contribution < -0.4 is 10.6 Å². The number of rotatable bonds is 5. The molecular weight excluding hydrogens is 239 g/mol. The summed E-state index contributed by atoms with van der Waals surface area (Å²) < 4.78 is 18.4. The van der Waals surface area contributed by atoms with Gasteiger partial charge < -0.3 is 15.4 Å². The Kier molecular flexibility index (Phi) is 5.86. The Morgan fingerprint density at radius 1 is 1.47 bits per heavy atom. The van der Waals surface area contributed by atoms with E-state index in [0.717, 1.165) is 12.0 Å². The maximum Gasteiger partial charge on any atom is 0.170 e. The molecule has 94 valence electrons. The van der Waals surface area contributed by atoms with Crippen LogP contribution in [0.2, 0.25) is 0 Å². The molecule has 0 aromatic heterocycles. The first-order valence-corrected chi connectivity index (χ1v) is 5.85. The molecule has 0 saturated carbocycles. The summed E-state index contributed by atoms with van der Waals surface area (Å²) in [6, 6.07) is 4.91. The number of ether oxygens (including phenoxy) is 1. The molecule has 0 unspecified atom stereocenters. The van der Waals surface area contributed by atoms with Crippen molar-refractivity contribution in [1.82, 2.24) is 5.32 Å². The minimum absolute atomic E-state index is 0.300. The third-order valence-electron chi connectivity index (χ3n) is 2.27. The van der Waals surface area contributed by atoms with Gasteiger partial charge in [0.2, 0.25) is 0 Å². The monoisotopic (exact) mass is 256 g/mol. The molecule has 0 saturated heterocycles. The maximum atomic E-state index is 13.5. The quantitative estimate of drug-likeness (QED) is 0.626. The highest BCUT2D eigenvalue weighted by Gasteiger charge is 2.06. The molecular formula is C12H17FN2OS. The summed E-state index contributed by atoms with van der Waals surface area (Å²) in [5, 5.41) is 6.28. The first kappa shape index (κ1) is 13.9. The number of aryl methyl sites for hydroxylation is 1. The number of nitrogens with one attached hydrogen (secondary N) is 2. The molecule has 17 heavy (non-hydrogen) atoms. The van der Waals surface area contributed by atoms with E-state index in [1.165, 1.54) is 6.07 Å². The van der Waals surface area contributed by atoms with Crippen LogP contribution in [0.3, 0.4) is 0 Å². The zero-order valence-corrected chi connectivity index (χ0v) is 10.9. The van der Waals surface area contributed by atoms with Gasteiger partial charge in [0.25, 0.3) is 0 Å². The minimum atomic E-state index is -0.300. The van der Waals surface area contributed by atoms with E-state index in [1.54, 1.807) is 13.2 Å².